The zero-order valence-electron chi connectivity index (χ0n) is 2.03. The average Bonchev–Trinajstić information content (AvgIpc) is 1.41. The van der Waals surface area contributed by atoms with Crippen molar-refractivity contribution >= 4 is 69.8 Å². The maximum atomic E-state index is 7.72. The Morgan fingerprint density at radius 3 is 2.33 bits per heavy atom. The molecule has 0 spiro atoms. The van der Waals surface area contributed by atoms with E-state index in [4.69, 9.17) is 14.5 Å². The fraction of sp³-hybridized carbons (Fsp3) is 0. The van der Waals surface area contributed by atoms with E-state index in [9.17, 15) is 0 Å². The Bertz CT molecular complexity index is 54.0. The van der Waals surface area contributed by atoms with Crippen LogP contribution < -0.4 is 0 Å². The van der Waals surface area contributed by atoms with Gasteiger partial charge in [0, 0.05) is 0 Å². The second-order valence-electron chi connectivity index (χ2n) is 0.199. The first-order valence-electron chi connectivity index (χ1n) is 0.665. The second kappa shape index (κ2) is 10.5. The van der Waals surface area contributed by atoms with Gasteiger partial charge < -0.3 is 0 Å². The molecule has 0 aromatic rings. The molecule has 0 saturated heterocycles. The number of hydrogen-bond donors (Lipinski definition) is 0. The number of thiocyanates is 1. The third kappa shape index (κ3) is 9.71. The van der Waals surface area contributed by atoms with Gasteiger partial charge in [-0.3, -0.25) is 0 Å². The van der Waals surface area contributed by atoms with Crippen molar-refractivity contribution in [1.82, 2.24) is 0 Å². The molecule has 0 N–H and O–H groups in total. The van der Waals surface area contributed by atoms with Gasteiger partial charge >= 0.3 is 97.8 Å². The predicted octanol–water partition coefficient (Wildman–Crippen LogP) is 0.703. The molecule has 0 aliphatic heterocycles. The van der Waals surface area contributed by atoms with Crippen LogP contribution >= 0.6 is 18.4 Å². The molecule has 0 rings (SSSR count). The number of nitrogens with zero attached hydrogens (tertiary/aromatic N) is 1. The monoisotopic (exact) mass is 330 g/mol. The standard InChI is InChI=1S/CHNS.Au.ClH.K.H/c2-1-3;;;;/h3H;;1H;;/q;+2;;;/p-2. The normalized spacial score (nSPS) is 6.00. The molecule has 0 aliphatic rings. The second-order valence-corrected chi connectivity index (χ2v) is 5.21. The summed E-state index contributed by atoms with van der Waals surface area (Å²) in [7, 11) is 6.27. The Morgan fingerprint density at radius 1 is 1.83 bits per heavy atom. The average molecular weight is 331 g/mol. The van der Waals surface area contributed by atoms with E-state index in [-0.39, 0.29) is 68.7 Å². The molecule has 0 amide bonds. The van der Waals surface area contributed by atoms with Crippen molar-refractivity contribution < 1.29 is 17.3 Å². The third-order valence-corrected chi connectivity index (χ3v) is 2.39. The fourth-order valence-electron chi connectivity index (χ4n) is 0.0104. The molecule has 0 aromatic heterocycles. The molecule has 0 heterocycles. The van der Waals surface area contributed by atoms with Crippen molar-refractivity contribution in [1.29, 1.82) is 5.26 Å². The minimum absolute atomic E-state index is 0. The van der Waals surface area contributed by atoms with Crippen LogP contribution in [0.2, 0.25) is 0 Å². The van der Waals surface area contributed by atoms with Crippen molar-refractivity contribution in [3.05, 3.63) is 0 Å². The van der Waals surface area contributed by atoms with Crippen LogP contribution in [0.5, 0.6) is 0 Å². The SMILES string of the molecule is N#C[S][Au][Cl].[KH]. The summed E-state index contributed by atoms with van der Waals surface area (Å²) in [6.45, 7) is 0. The topological polar surface area (TPSA) is 23.8 Å². The molecule has 6 heavy (non-hydrogen) atoms. The first kappa shape index (κ1) is 11.3. The van der Waals surface area contributed by atoms with Gasteiger partial charge in [0.05, 0.1) is 0 Å². The van der Waals surface area contributed by atoms with E-state index in [1.54, 1.807) is 0 Å². The summed E-state index contributed by atoms with van der Waals surface area (Å²) in [6, 6.07) is 0. The van der Waals surface area contributed by atoms with Gasteiger partial charge in [-0.05, 0) is 0 Å². The van der Waals surface area contributed by atoms with Crippen LogP contribution in [0.1, 0.15) is 0 Å². The summed E-state index contributed by atoms with van der Waals surface area (Å²) in [4.78, 5) is 0. The zero-order valence-corrected chi connectivity index (χ0v) is 5.77. The van der Waals surface area contributed by atoms with E-state index in [2.05, 4.69) is 0 Å². The summed E-state index contributed by atoms with van der Waals surface area (Å²) in [5.74, 6) is 0. The van der Waals surface area contributed by atoms with Crippen molar-refractivity contribution in [2.45, 2.75) is 0 Å². The van der Waals surface area contributed by atoms with E-state index in [1.165, 1.54) is 0 Å². The van der Waals surface area contributed by atoms with Crippen molar-refractivity contribution in [3.63, 3.8) is 0 Å². The molecule has 5 heteroatoms. The maximum absolute atomic E-state index is 7.72. The third-order valence-electron chi connectivity index (χ3n) is 0.0508. The van der Waals surface area contributed by atoms with Gasteiger partial charge in [0.1, 0.15) is 0 Å². The summed E-state index contributed by atoms with van der Waals surface area (Å²) >= 11 is -0.279. The summed E-state index contributed by atoms with van der Waals surface area (Å²) in [5.41, 5.74) is 0. The van der Waals surface area contributed by atoms with E-state index in [0.29, 0.717) is 0 Å². The molecule has 1 nitrogen and oxygen atoms in total. The van der Waals surface area contributed by atoms with Gasteiger partial charge in [0.2, 0.25) is 0 Å². The quantitative estimate of drug-likeness (QED) is 0.522. The predicted molar refractivity (Wildman–Crippen MR) is 26.2 cm³/mol. The summed E-state index contributed by atoms with van der Waals surface area (Å²) in [5, 5.41) is 9.56. The Labute approximate surface area is 95.3 Å². The van der Waals surface area contributed by atoms with Crippen LogP contribution in [0.3, 0.4) is 0 Å². The van der Waals surface area contributed by atoms with Crippen molar-refractivity contribution in [2.75, 3.05) is 0 Å². The van der Waals surface area contributed by atoms with Crippen molar-refractivity contribution in [3.8, 4) is 5.40 Å². The molecular weight excluding hydrogens is 330 g/mol. The minimum atomic E-state index is -0.279. The van der Waals surface area contributed by atoms with Gasteiger partial charge in [-0.15, -0.1) is 0 Å². The van der Waals surface area contributed by atoms with Crippen LogP contribution in [-0.4, -0.2) is 51.4 Å². The number of nitriles is 1. The molecule has 35 valence electrons. The Hall–Kier alpha value is 2.51. The Kier molecular flexibility index (Phi) is 19.8. The molecule has 0 unspecified atom stereocenters. The van der Waals surface area contributed by atoms with Crippen LogP contribution in [-0.2, 0) is 17.3 Å². The van der Waals surface area contributed by atoms with Gasteiger partial charge in [0.15, 0.2) is 0 Å². The molecule has 0 saturated carbocycles. The summed E-state index contributed by atoms with van der Waals surface area (Å²) < 4.78 is 0. The number of rotatable bonds is 1. The molecule has 0 aromatic carbocycles. The zero-order chi connectivity index (χ0) is 4.12. The Balaban J connectivity index is 0. The van der Waals surface area contributed by atoms with Crippen molar-refractivity contribution in [2.24, 2.45) is 0 Å². The van der Waals surface area contributed by atoms with E-state index in [0.717, 1.165) is 9.23 Å². The fourth-order valence-corrected chi connectivity index (χ4v) is 0.766. The Morgan fingerprint density at radius 2 is 2.33 bits per heavy atom. The molecule has 0 aliphatic carbocycles. The molecular formula is CHAuClKNS. The van der Waals surface area contributed by atoms with Crippen LogP contribution in [0, 0.1) is 10.7 Å². The molecule has 0 radical (unpaired) electrons. The number of hydrogen-bond acceptors (Lipinski definition) is 2. The van der Waals surface area contributed by atoms with Gasteiger partial charge in [-0.2, -0.15) is 0 Å². The molecule has 0 atom stereocenters. The summed E-state index contributed by atoms with van der Waals surface area (Å²) in [6.07, 6.45) is 0. The number of halogens is 1. The first-order valence-corrected chi connectivity index (χ1v) is 6.66. The van der Waals surface area contributed by atoms with E-state index in [1.807, 2.05) is 5.40 Å². The first-order chi connectivity index (χ1) is 2.41. The molecule has 0 bridgehead atoms. The van der Waals surface area contributed by atoms with E-state index < -0.39 is 0 Å². The van der Waals surface area contributed by atoms with Crippen LogP contribution in [0.4, 0.5) is 0 Å². The van der Waals surface area contributed by atoms with Gasteiger partial charge in [0.25, 0.3) is 0 Å². The van der Waals surface area contributed by atoms with Crippen LogP contribution in [0.25, 0.3) is 0 Å². The van der Waals surface area contributed by atoms with Gasteiger partial charge in [-0.25, -0.2) is 0 Å². The van der Waals surface area contributed by atoms with E-state index >= 15 is 0 Å². The molecule has 0 fully saturated rings. The van der Waals surface area contributed by atoms with Crippen LogP contribution in [0.15, 0.2) is 0 Å². The van der Waals surface area contributed by atoms with Gasteiger partial charge in [-0.1, -0.05) is 0 Å².